The molecule has 0 saturated heterocycles. The number of hydrogen-bond acceptors (Lipinski definition) is 4. The van der Waals surface area contributed by atoms with Crippen LogP contribution in [0.1, 0.15) is 35.8 Å². The number of rotatable bonds is 1. The van der Waals surface area contributed by atoms with Crippen molar-refractivity contribution in [3.8, 4) is 0 Å². The van der Waals surface area contributed by atoms with E-state index >= 15 is 0 Å². The summed E-state index contributed by atoms with van der Waals surface area (Å²) >= 11 is 3.31. The number of fused-ring (bicyclic) bond motifs is 6. The lowest BCUT2D eigenvalue weighted by Gasteiger charge is -2.38. The molecule has 0 spiro atoms. The number of aromatic amines is 1. The van der Waals surface area contributed by atoms with Gasteiger partial charge in [0.1, 0.15) is 5.76 Å². The summed E-state index contributed by atoms with van der Waals surface area (Å²) in [6.07, 6.45) is 5.86. The maximum Gasteiger partial charge on any atom is 0.305 e. The largest absolute Gasteiger partial charge is 0.469 e. The normalized spacial score (nSPS) is 37.9. The Labute approximate surface area is 124 Å². The fourth-order valence-electron chi connectivity index (χ4n) is 4.64. The molecule has 1 N–H and O–H groups in total. The second-order valence-corrected chi connectivity index (χ2v) is 8.40. The second kappa shape index (κ2) is 4.04. The van der Waals surface area contributed by atoms with Gasteiger partial charge in [0.2, 0.25) is 0 Å². The lowest BCUT2D eigenvalue weighted by Crippen LogP contribution is -2.33. The van der Waals surface area contributed by atoms with Gasteiger partial charge in [-0.1, -0.05) is 11.3 Å². The van der Waals surface area contributed by atoms with Crippen LogP contribution in [0.25, 0.3) is 0 Å². The van der Waals surface area contributed by atoms with Crippen LogP contribution in [-0.4, -0.2) is 10.2 Å². The van der Waals surface area contributed by atoms with E-state index in [-0.39, 0.29) is 4.87 Å². The zero-order valence-electron chi connectivity index (χ0n) is 10.9. The van der Waals surface area contributed by atoms with Gasteiger partial charge in [0.25, 0.3) is 0 Å². The number of thioether (sulfide) groups is 1. The minimum Gasteiger partial charge on any atom is -0.469 e. The molecular weight excluding hydrogens is 290 g/mol. The van der Waals surface area contributed by atoms with Gasteiger partial charge in [0.15, 0.2) is 0 Å². The highest BCUT2D eigenvalue weighted by Gasteiger charge is 2.55. The molecule has 1 aliphatic heterocycles. The summed E-state index contributed by atoms with van der Waals surface area (Å²) in [6, 6.07) is 4.05. The summed E-state index contributed by atoms with van der Waals surface area (Å²) in [7, 11) is 0. The number of aromatic nitrogens is 1. The highest BCUT2D eigenvalue weighted by Crippen LogP contribution is 2.63. The third-order valence-corrected chi connectivity index (χ3v) is 7.94. The zero-order valence-corrected chi connectivity index (χ0v) is 12.5. The molecule has 2 bridgehead atoms. The molecule has 2 fully saturated rings. The Hall–Kier alpha value is -0.940. The molecule has 2 aromatic rings. The first-order valence-electron chi connectivity index (χ1n) is 7.24. The van der Waals surface area contributed by atoms with Crippen molar-refractivity contribution in [2.45, 2.75) is 35.5 Å². The molecule has 2 aliphatic carbocycles. The van der Waals surface area contributed by atoms with Crippen molar-refractivity contribution in [2.24, 2.45) is 17.8 Å². The van der Waals surface area contributed by atoms with Crippen molar-refractivity contribution in [2.75, 3.05) is 0 Å². The van der Waals surface area contributed by atoms with Crippen molar-refractivity contribution in [3.05, 3.63) is 38.7 Å². The quantitative estimate of drug-likeness (QED) is 0.874. The summed E-state index contributed by atoms with van der Waals surface area (Å²) in [5.41, 5.74) is 0. The number of nitrogens with one attached hydrogen (secondary N) is 1. The molecule has 5 heteroatoms. The molecule has 2 saturated carbocycles. The lowest BCUT2D eigenvalue weighted by atomic mass is 9.77. The Balaban J connectivity index is 1.71. The van der Waals surface area contributed by atoms with Gasteiger partial charge in [0, 0.05) is 5.25 Å². The molecule has 3 aliphatic rings. The molecule has 3 heterocycles. The van der Waals surface area contributed by atoms with Crippen LogP contribution < -0.4 is 4.87 Å². The SMILES string of the molecule is O=c1[nH]c2c(s1)[C@H](c1ccco1)[C@H]1[C@@H]3CC[C@H](C3)[C@@H]1S2. The minimum absolute atomic E-state index is 0.0753. The predicted octanol–water partition coefficient (Wildman–Crippen LogP) is 3.68. The first-order valence-corrected chi connectivity index (χ1v) is 8.94. The highest BCUT2D eigenvalue weighted by atomic mass is 32.2. The van der Waals surface area contributed by atoms with Gasteiger partial charge in [0.05, 0.1) is 22.1 Å². The van der Waals surface area contributed by atoms with Gasteiger partial charge in [-0.15, -0.1) is 11.8 Å². The number of furan rings is 1. The molecule has 5 atom stereocenters. The predicted molar refractivity (Wildman–Crippen MR) is 79.5 cm³/mol. The maximum absolute atomic E-state index is 11.8. The van der Waals surface area contributed by atoms with E-state index < -0.39 is 0 Å². The summed E-state index contributed by atoms with van der Waals surface area (Å²) in [4.78, 5) is 16.1. The molecule has 0 unspecified atom stereocenters. The summed E-state index contributed by atoms with van der Waals surface area (Å²) in [5, 5.41) is 1.77. The fourth-order valence-corrected chi connectivity index (χ4v) is 7.51. The number of H-pyrrole nitrogens is 1. The Morgan fingerprint density at radius 1 is 1.30 bits per heavy atom. The van der Waals surface area contributed by atoms with Crippen LogP contribution in [0.3, 0.4) is 0 Å². The standard InChI is InChI=1S/C15H15NO2S2/c17-15-16-14-13(20-15)11(9-2-1-5-18-9)10-7-3-4-8(6-7)12(10)19-14/h1-2,5,7-8,10-12H,3-4,6H2,(H,16,17)/t7-,8-,10-,11-,12+/m1/s1. The van der Waals surface area contributed by atoms with E-state index in [2.05, 4.69) is 11.1 Å². The fraction of sp³-hybridized carbons (Fsp3) is 0.533. The lowest BCUT2D eigenvalue weighted by molar-refractivity contribution is 0.283. The van der Waals surface area contributed by atoms with Crippen molar-refractivity contribution in [1.82, 2.24) is 4.98 Å². The van der Waals surface area contributed by atoms with Gasteiger partial charge in [-0.05, 0) is 49.1 Å². The van der Waals surface area contributed by atoms with Crippen LogP contribution in [0, 0.1) is 17.8 Å². The molecule has 0 aromatic carbocycles. The van der Waals surface area contributed by atoms with E-state index in [0.29, 0.717) is 17.1 Å². The summed E-state index contributed by atoms with van der Waals surface area (Å²) in [6.45, 7) is 0. The average Bonchev–Trinajstić information content (AvgIpc) is 3.19. The van der Waals surface area contributed by atoms with Crippen molar-refractivity contribution < 1.29 is 4.42 Å². The minimum atomic E-state index is 0.0753. The monoisotopic (exact) mass is 305 g/mol. The Bertz CT molecular complexity index is 702. The van der Waals surface area contributed by atoms with Crippen LogP contribution in [0.5, 0.6) is 0 Å². The van der Waals surface area contributed by atoms with E-state index in [4.69, 9.17) is 4.42 Å². The van der Waals surface area contributed by atoms with Crippen LogP contribution in [0.2, 0.25) is 0 Å². The smallest absolute Gasteiger partial charge is 0.305 e. The molecule has 2 aromatic heterocycles. The molecule has 0 radical (unpaired) electrons. The van der Waals surface area contributed by atoms with Gasteiger partial charge in [-0.3, -0.25) is 4.79 Å². The van der Waals surface area contributed by atoms with Crippen molar-refractivity contribution in [3.63, 3.8) is 0 Å². The first kappa shape index (κ1) is 11.7. The maximum atomic E-state index is 11.8. The number of thiazole rings is 1. The van der Waals surface area contributed by atoms with E-state index in [1.54, 1.807) is 6.26 Å². The van der Waals surface area contributed by atoms with Crippen LogP contribution in [0.15, 0.2) is 32.6 Å². The van der Waals surface area contributed by atoms with Crippen molar-refractivity contribution >= 4 is 23.1 Å². The van der Waals surface area contributed by atoms with E-state index in [1.165, 1.54) is 35.5 Å². The first-order chi connectivity index (χ1) is 9.81. The molecule has 104 valence electrons. The Kier molecular flexibility index (Phi) is 2.36. The zero-order chi connectivity index (χ0) is 13.3. The second-order valence-electron chi connectivity index (χ2n) is 6.19. The van der Waals surface area contributed by atoms with E-state index in [9.17, 15) is 4.79 Å². The molecule has 5 rings (SSSR count). The van der Waals surface area contributed by atoms with Crippen molar-refractivity contribution in [1.29, 1.82) is 0 Å². The van der Waals surface area contributed by atoms with Crippen LogP contribution in [0.4, 0.5) is 0 Å². The topological polar surface area (TPSA) is 46.0 Å². The van der Waals surface area contributed by atoms with Gasteiger partial charge in [-0.2, -0.15) is 0 Å². The molecule has 3 nitrogen and oxygen atoms in total. The Morgan fingerprint density at radius 2 is 2.20 bits per heavy atom. The van der Waals surface area contributed by atoms with Crippen LogP contribution in [-0.2, 0) is 0 Å². The highest BCUT2D eigenvalue weighted by molar-refractivity contribution is 8.00. The summed E-state index contributed by atoms with van der Waals surface area (Å²) < 4.78 is 5.74. The van der Waals surface area contributed by atoms with Gasteiger partial charge >= 0.3 is 4.87 Å². The third kappa shape index (κ3) is 1.45. The van der Waals surface area contributed by atoms with Crippen LogP contribution >= 0.6 is 23.1 Å². The molecule has 0 amide bonds. The van der Waals surface area contributed by atoms with Gasteiger partial charge in [-0.25, -0.2) is 0 Å². The molecule has 20 heavy (non-hydrogen) atoms. The van der Waals surface area contributed by atoms with Gasteiger partial charge < -0.3 is 9.40 Å². The molecular formula is C15H15NO2S2. The number of hydrogen-bond donors (Lipinski definition) is 1. The van der Waals surface area contributed by atoms with E-state index in [0.717, 1.165) is 22.6 Å². The third-order valence-electron chi connectivity index (χ3n) is 5.32. The summed E-state index contributed by atoms with van der Waals surface area (Å²) in [5.74, 6) is 3.65. The average molecular weight is 305 g/mol. The van der Waals surface area contributed by atoms with E-state index in [1.807, 2.05) is 17.8 Å². The Morgan fingerprint density at radius 3 is 3.05 bits per heavy atom.